The smallest absolute Gasteiger partial charge is 0.220 e. The van der Waals surface area contributed by atoms with E-state index in [1.807, 2.05) is 0 Å². The third-order valence-electron chi connectivity index (χ3n) is 3.10. The van der Waals surface area contributed by atoms with Crippen molar-refractivity contribution in [1.29, 1.82) is 0 Å². The second kappa shape index (κ2) is 5.09. The maximum absolute atomic E-state index is 11.0. The Labute approximate surface area is 100 Å². The summed E-state index contributed by atoms with van der Waals surface area (Å²) < 4.78 is 0. The second-order valence-corrected chi connectivity index (χ2v) is 4.39. The van der Waals surface area contributed by atoms with E-state index >= 15 is 0 Å². The number of nitrogen functional groups attached to an aromatic ring is 1. The minimum atomic E-state index is -0.183. The van der Waals surface area contributed by atoms with Crippen molar-refractivity contribution in [2.24, 2.45) is 11.7 Å². The minimum absolute atomic E-state index is 0.0313. The third kappa shape index (κ3) is 3.13. The van der Waals surface area contributed by atoms with Crippen LogP contribution in [0, 0.1) is 5.92 Å². The molecular weight excluding hydrogens is 218 g/mol. The molecular formula is C11H17N5O. The Morgan fingerprint density at radius 1 is 1.35 bits per heavy atom. The van der Waals surface area contributed by atoms with Crippen LogP contribution in [0.3, 0.4) is 0 Å². The van der Waals surface area contributed by atoms with Crippen LogP contribution in [0.5, 0.6) is 0 Å². The number of piperidine rings is 1. The van der Waals surface area contributed by atoms with E-state index in [4.69, 9.17) is 11.5 Å². The highest BCUT2D eigenvalue weighted by Gasteiger charge is 2.23. The van der Waals surface area contributed by atoms with Crippen LogP contribution in [0.15, 0.2) is 12.4 Å². The fourth-order valence-corrected chi connectivity index (χ4v) is 2.05. The van der Waals surface area contributed by atoms with Crippen molar-refractivity contribution in [3.63, 3.8) is 0 Å². The van der Waals surface area contributed by atoms with Crippen LogP contribution in [0.1, 0.15) is 18.5 Å². The lowest BCUT2D eigenvalue weighted by Crippen LogP contribution is -2.38. The maximum atomic E-state index is 11.0. The summed E-state index contributed by atoms with van der Waals surface area (Å²) in [6.45, 7) is 2.50. The number of hydrogen-bond donors (Lipinski definition) is 2. The van der Waals surface area contributed by atoms with Gasteiger partial charge in [0.15, 0.2) is 0 Å². The molecule has 1 aliphatic heterocycles. The number of hydrogen-bond acceptors (Lipinski definition) is 5. The summed E-state index contributed by atoms with van der Waals surface area (Å²) in [5, 5.41) is 0. The van der Waals surface area contributed by atoms with Crippen LogP contribution < -0.4 is 11.5 Å². The lowest BCUT2D eigenvalue weighted by molar-refractivity contribution is -0.123. The Balaban J connectivity index is 1.85. The van der Waals surface area contributed by atoms with Crippen molar-refractivity contribution >= 4 is 11.7 Å². The molecule has 0 radical (unpaired) electrons. The summed E-state index contributed by atoms with van der Waals surface area (Å²) >= 11 is 0. The molecule has 2 rings (SSSR count). The summed E-state index contributed by atoms with van der Waals surface area (Å²) in [5.74, 6) is 0.280. The van der Waals surface area contributed by atoms with E-state index in [1.165, 1.54) is 0 Å². The first kappa shape index (κ1) is 11.8. The molecule has 2 heterocycles. The Hall–Kier alpha value is -1.69. The zero-order chi connectivity index (χ0) is 12.3. The maximum Gasteiger partial charge on any atom is 0.220 e. The highest BCUT2D eigenvalue weighted by molar-refractivity contribution is 5.76. The first-order valence-corrected chi connectivity index (χ1v) is 5.73. The van der Waals surface area contributed by atoms with Gasteiger partial charge in [0.05, 0.1) is 18.1 Å². The van der Waals surface area contributed by atoms with Gasteiger partial charge in [-0.25, -0.2) is 4.98 Å². The largest absolute Gasteiger partial charge is 0.382 e. The molecule has 6 heteroatoms. The van der Waals surface area contributed by atoms with Crippen LogP contribution in [0.2, 0.25) is 0 Å². The Morgan fingerprint density at radius 2 is 2.06 bits per heavy atom. The molecule has 0 aromatic carbocycles. The number of aromatic nitrogens is 2. The van der Waals surface area contributed by atoms with E-state index in [0.717, 1.165) is 38.2 Å². The molecule has 0 aliphatic carbocycles. The van der Waals surface area contributed by atoms with E-state index in [-0.39, 0.29) is 11.8 Å². The lowest BCUT2D eigenvalue weighted by Gasteiger charge is -2.29. The second-order valence-electron chi connectivity index (χ2n) is 4.39. The van der Waals surface area contributed by atoms with Crippen molar-refractivity contribution in [3.8, 4) is 0 Å². The number of rotatable bonds is 3. The molecule has 4 N–H and O–H groups in total. The van der Waals surface area contributed by atoms with Crippen molar-refractivity contribution < 1.29 is 4.79 Å². The van der Waals surface area contributed by atoms with Gasteiger partial charge in [0.2, 0.25) is 5.91 Å². The molecule has 0 unspecified atom stereocenters. The van der Waals surface area contributed by atoms with Gasteiger partial charge in [-0.05, 0) is 25.9 Å². The summed E-state index contributed by atoms with van der Waals surface area (Å²) in [5.41, 5.74) is 11.7. The van der Waals surface area contributed by atoms with E-state index in [0.29, 0.717) is 5.82 Å². The zero-order valence-corrected chi connectivity index (χ0v) is 9.67. The number of anilines is 1. The molecule has 1 aromatic rings. The number of amides is 1. The molecule has 0 spiro atoms. The first-order chi connectivity index (χ1) is 8.15. The number of carbonyl (C=O) groups is 1. The van der Waals surface area contributed by atoms with Crippen LogP contribution in [-0.4, -0.2) is 33.9 Å². The summed E-state index contributed by atoms with van der Waals surface area (Å²) in [4.78, 5) is 21.5. The molecule has 1 aliphatic rings. The van der Waals surface area contributed by atoms with E-state index in [1.54, 1.807) is 12.4 Å². The molecule has 0 saturated carbocycles. The van der Waals surface area contributed by atoms with E-state index < -0.39 is 0 Å². The molecule has 0 atom stereocenters. The van der Waals surface area contributed by atoms with Crippen molar-refractivity contribution in [2.75, 3.05) is 18.8 Å². The number of nitrogens with two attached hydrogens (primary N) is 2. The standard InChI is InChI=1S/C11H17N5O/c12-10-6-14-9(5-15-10)7-16-3-1-8(2-4-16)11(13)17/h5-6,8H,1-4,7H2,(H2,12,15)(H2,13,17). The van der Waals surface area contributed by atoms with E-state index in [9.17, 15) is 4.79 Å². The minimum Gasteiger partial charge on any atom is -0.382 e. The molecule has 6 nitrogen and oxygen atoms in total. The van der Waals surface area contributed by atoms with Crippen molar-refractivity contribution in [2.45, 2.75) is 19.4 Å². The van der Waals surface area contributed by atoms with Gasteiger partial charge in [0.25, 0.3) is 0 Å². The van der Waals surface area contributed by atoms with Gasteiger partial charge in [0, 0.05) is 12.5 Å². The van der Waals surface area contributed by atoms with Crippen molar-refractivity contribution in [3.05, 3.63) is 18.1 Å². The first-order valence-electron chi connectivity index (χ1n) is 5.73. The van der Waals surface area contributed by atoms with Gasteiger partial charge >= 0.3 is 0 Å². The predicted octanol–water partition coefficient (Wildman–Crippen LogP) is -0.244. The summed E-state index contributed by atoms with van der Waals surface area (Å²) in [6.07, 6.45) is 4.91. The average Bonchev–Trinajstić information content (AvgIpc) is 2.33. The SMILES string of the molecule is NC(=O)C1CCN(Cc2cnc(N)cn2)CC1. The number of carbonyl (C=O) groups excluding carboxylic acids is 1. The average molecular weight is 235 g/mol. The molecule has 17 heavy (non-hydrogen) atoms. The molecule has 92 valence electrons. The number of likely N-dealkylation sites (tertiary alicyclic amines) is 1. The summed E-state index contributed by atoms with van der Waals surface area (Å²) in [6, 6.07) is 0. The van der Waals surface area contributed by atoms with Gasteiger partial charge in [-0.1, -0.05) is 0 Å². The summed E-state index contributed by atoms with van der Waals surface area (Å²) in [7, 11) is 0. The fraction of sp³-hybridized carbons (Fsp3) is 0.545. The predicted molar refractivity (Wildman–Crippen MR) is 63.6 cm³/mol. The Morgan fingerprint density at radius 3 is 2.59 bits per heavy atom. The van der Waals surface area contributed by atoms with Crippen molar-refractivity contribution in [1.82, 2.24) is 14.9 Å². The number of primary amides is 1. The van der Waals surface area contributed by atoms with E-state index in [2.05, 4.69) is 14.9 Å². The molecule has 0 bridgehead atoms. The van der Waals surface area contributed by atoms with Gasteiger partial charge in [-0.2, -0.15) is 0 Å². The highest BCUT2D eigenvalue weighted by Crippen LogP contribution is 2.17. The van der Waals surface area contributed by atoms with Crippen LogP contribution in [-0.2, 0) is 11.3 Å². The topological polar surface area (TPSA) is 98.1 Å². The number of nitrogens with zero attached hydrogens (tertiary/aromatic N) is 3. The molecule has 1 saturated heterocycles. The van der Waals surface area contributed by atoms with Crippen LogP contribution >= 0.6 is 0 Å². The normalized spacial score (nSPS) is 18.1. The van der Waals surface area contributed by atoms with Crippen LogP contribution in [0.25, 0.3) is 0 Å². The van der Waals surface area contributed by atoms with Crippen LogP contribution in [0.4, 0.5) is 5.82 Å². The van der Waals surface area contributed by atoms with Gasteiger partial charge in [0.1, 0.15) is 5.82 Å². The lowest BCUT2D eigenvalue weighted by atomic mass is 9.96. The Bertz CT molecular complexity index is 383. The molecule has 1 aromatic heterocycles. The third-order valence-corrected chi connectivity index (χ3v) is 3.10. The van der Waals surface area contributed by atoms with Gasteiger partial charge in [-0.15, -0.1) is 0 Å². The monoisotopic (exact) mass is 235 g/mol. The zero-order valence-electron chi connectivity index (χ0n) is 9.67. The highest BCUT2D eigenvalue weighted by atomic mass is 16.1. The fourth-order valence-electron chi connectivity index (χ4n) is 2.05. The molecule has 1 fully saturated rings. The van der Waals surface area contributed by atoms with Gasteiger partial charge < -0.3 is 11.5 Å². The quantitative estimate of drug-likeness (QED) is 0.753. The molecule has 1 amide bonds. The van der Waals surface area contributed by atoms with Gasteiger partial charge in [-0.3, -0.25) is 14.7 Å². The Kier molecular flexibility index (Phi) is 3.53.